The number of carbonyl (C=O) groups excluding carboxylic acids is 1. The maximum Gasteiger partial charge on any atom is 0.413 e. The van der Waals surface area contributed by atoms with Crippen LogP contribution in [0.15, 0.2) is 21.5 Å². The van der Waals surface area contributed by atoms with Gasteiger partial charge in [0.15, 0.2) is 5.43 Å². The first-order valence-electron chi connectivity index (χ1n) is 4.66. The number of pyridine rings is 1. The molecule has 16 heavy (non-hydrogen) atoms. The average Bonchev–Trinajstić information content (AvgIpc) is 2.08. The molecule has 6 heteroatoms. The van der Waals surface area contributed by atoms with Crippen LogP contribution in [-0.4, -0.2) is 16.7 Å². The number of ether oxygens (including phenoxy) is 1. The molecule has 0 aliphatic heterocycles. The van der Waals surface area contributed by atoms with E-state index in [-0.39, 0.29) is 5.43 Å². The summed E-state index contributed by atoms with van der Waals surface area (Å²) in [5.74, 6) is 0.294. The average molecular weight is 289 g/mol. The van der Waals surface area contributed by atoms with Gasteiger partial charge in [-0.15, -0.1) is 0 Å². The van der Waals surface area contributed by atoms with Gasteiger partial charge in [-0.05, 0) is 36.7 Å². The van der Waals surface area contributed by atoms with Crippen LogP contribution in [0.4, 0.5) is 10.6 Å². The van der Waals surface area contributed by atoms with E-state index in [1.54, 1.807) is 20.8 Å². The molecule has 0 aliphatic rings. The summed E-state index contributed by atoms with van der Waals surface area (Å²) in [7, 11) is 0. The van der Waals surface area contributed by atoms with E-state index in [0.29, 0.717) is 10.3 Å². The lowest BCUT2D eigenvalue weighted by atomic mass is 10.2. The van der Waals surface area contributed by atoms with Crippen molar-refractivity contribution in [3.63, 3.8) is 0 Å². The molecule has 0 fully saturated rings. The Morgan fingerprint density at radius 3 is 2.62 bits per heavy atom. The molecule has 0 aliphatic carbocycles. The van der Waals surface area contributed by atoms with Crippen molar-refractivity contribution in [3.05, 3.63) is 27.0 Å². The third-order valence-corrected chi connectivity index (χ3v) is 2.12. The van der Waals surface area contributed by atoms with Crippen LogP contribution in [-0.2, 0) is 4.74 Å². The summed E-state index contributed by atoms with van der Waals surface area (Å²) in [4.78, 5) is 25.3. The fraction of sp³-hybridized carbons (Fsp3) is 0.400. The van der Waals surface area contributed by atoms with Gasteiger partial charge in [0.25, 0.3) is 0 Å². The van der Waals surface area contributed by atoms with Gasteiger partial charge < -0.3 is 9.72 Å². The topological polar surface area (TPSA) is 71.2 Å². The molecule has 0 saturated heterocycles. The monoisotopic (exact) mass is 288 g/mol. The lowest BCUT2D eigenvalue weighted by molar-refractivity contribution is 0.0635. The van der Waals surface area contributed by atoms with Crippen molar-refractivity contribution >= 4 is 27.8 Å². The first-order valence-corrected chi connectivity index (χ1v) is 5.45. The van der Waals surface area contributed by atoms with Gasteiger partial charge in [0.05, 0.1) is 4.47 Å². The Labute approximate surface area is 101 Å². The molecule has 0 unspecified atom stereocenters. The zero-order valence-corrected chi connectivity index (χ0v) is 10.8. The van der Waals surface area contributed by atoms with Crippen molar-refractivity contribution < 1.29 is 9.53 Å². The Balaban J connectivity index is 2.71. The van der Waals surface area contributed by atoms with Gasteiger partial charge in [0.1, 0.15) is 11.4 Å². The van der Waals surface area contributed by atoms with Crippen molar-refractivity contribution in [2.75, 3.05) is 5.32 Å². The number of hydrogen-bond donors (Lipinski definition) is 2. The van der Waals surface area contributed by atoms with Crippen LogP contribution < -0.4 is 10.7 Å². The van der Waals surface area contributed by atoms with Crippen molar-refractivity contribution in [2.24, 2.45) is 0 Å². The molecular formula is C10H13BrN2O3. The summed E-state index contributed by atoms with van der Waals surface area (Å²) in [6.45, 7) is 5.28. The van der Waals surface area contributed by atoms with E-state index in [2.05, 4.69) is 26.2 Å². The third kappa shape index (κ3) is 4.06. The van der Waals surface area contributed by atoms with Crippen LogP contribution in [0, 0.1) is 0 Å². The largest absolute Gasteiger partial charge is 0.444 e. The van der Waals surface area contributed by atoms with Crippen molar-refractivity contribution in [3.8, 4) is 0 Å². The molecule has 1 heterocycles. The number of aromatic amines is 1. The minimum absolute atomic E-state index is 0.218. The lowest BCUT2D eigenvalue weighted by Crippen LogP contribution is -2.27. The standard InChI is InChI=1S/C10H13BrN2O3/c1-10(2,3)16-9(15)13-8-4-7(14)6(11)5-12-8/h4-5H,1-3H3,(H2,12,13,14,15). The highest BCUT2D eigenvalue weighted by Gasteiger charge is 2.16. The molecule has 2 N–H and O–H groups in total. The summed E-state index contributed by atoms with van der Waals surface area (Å²) < 4.78 is 5.43. The molecule has 0 aromatic carbocycles. The quantitative estimate of drug-likeness (QED) is 0.834. The molecule has 1 amide bonds. The molecule has 0 saturated carbocycles. The maximum atomic E-state index is 11.4. The Hall–Kier alpha value is -1.30. The zero-order valence-electron chi connectivity index (χ0n) is 9.26. The van der Waals surface area contributed by atoms with Gasteiger partial charge in [-0.1, -0.05) is 0 Å². The van der Waals surface area contributed by atoms with E-state index in [0.717, 1.165) is 0 Å². The molecule has 0 bridgehead atoms. The Kier molecular flexibility index (Phi) is 3.74. The lowest BCUT2D eigenvalue weighted by Gasteiger charge is -2.19. The smallest absolute Gasteiger partial charge is 0.413 e. The Morgan fingerprint density at radius 1 is 1.50 bits per heavy atom. The van der Waals surface area contributed by atoms with E-state index in [4.69, 9.17) is 4.74 Å². The van der Waals surface area contributed by atoms with Crippen LogP contribution in [0.3, 0.4) is 0 Å². The van der Waals surface area contributed by atoms with E-state index >= 15 is 0 Å². The van der Waals surface area contributed by atoms with Crippen molar-refractivity contribution in [1.29, 1.82) is 0 Å². The molecule has 1 aromatic heterocycles. The molecule has 1 aromatic rings. The molecule has 0 atom stereocenters. The number of hydrogen-bond acceptors (Lipinski definition) is 3. The summed E-state index contributed by atoms with van der Waals surface area (Å²) in [6, 6.07) is 1.27. The fourth-order valence-corrected chi connectivity index (χ4v) is 1.17. The number of nitrogens with one attached hydrogen (secondary N) is 2. The second kappa shape index (κ2) is 4.69. The van der Waals surface area contributed by atoms with Gasteiger partial charge in [0, 0.05) is 12.3 Å². The first-order chi connectivity index (χ1) is 7.28. The molecule has 88 valence electrons. The van der Waals surface area contributed by atoms with Crippen LogP contribution in [0.25, 0.3) is 0 Å². The van der Waals surface area contributed by atoms with Crippen molar-refractivity contribution in [1.82, 2.24) is 4.98 Å². The van der Waals surface area contributed by atoms with Crippen LogP contribution >= 0.6 is 15.9 Å². The highest BCUT2D eigenvalue weighted by atomic mass is 79.9. The van der Waals surface area contributed by atoms with Crippen LogP contribution in [0.1, 0.15) is 20.8 Å². The molecule has 5 nitrogen and oxygen atoms in total. The fourth-order valence-electron chi connectivity index (χ4n) is 0.940. The van der Waals surface area contributed by atoms with E-state index in [9.17, 15) is 9.59 Å². The molecule has 0 radical (unpaired) electrons. The number of carbonyl (C=O) groups is 1. The summed E-state index contributed by atoms with van der Waals surface area (Å²) in [6.07, 6.45) is 0.847. The zero-order chi connectivity index (χ0) is 12.3. The Bertz CT molecular complexity index is 448. The minimum atomic E-state index is -0.606. The Morgan fingerprint density at radius 2 is 2.12 bits per heavy atom. The highest BCUT2D eigenvalue weighted by Crippen LogP contribution is 2.10. The molecule has 0 spiro atoms. The number of H-pyrrole nitrogens is 1. The van der Waals surface area contributed by atoms with E-state index in [1.807, 2.05) is 0 Å². The number of halogens is 1. The van der Waals surface area contributed by atoms with Crippen LogP contribution in [0.2, 0.25) is 0 Å². The number of rotatable bonds is 1. The van der Waals surface area contributed by atoms with Crippen LogP contribution in [0.5, 0.6) is 0 Å². The molecule has 1 rings (SSSR count). The second-order valence-electron chi connectivity index (χ2n) is 4.19. The summed E-state index contributed by atoms with van der Waals surface area (Å²) in [5.41, 5.74) is -0.787. The second-order valence-corrected chi connectivity index (χ2v) is 5.04. The molecular weight excluding hydrogens is 276 g/mol. The van der Waals surface area contributed by atoms with Crippen molar-refractivity contribution in [2.45, 2.75) is 26.4 Å². The van der Waals surface area contributed by atoms with Gasteiger partial charge >= 0.3 is 6.09 Å². The predicted molar refractivity (Wildman–Crippen MR) is 64.6 cm³/mol. The third-order valence-electron chi connectivity index (χ3n) is 1.50. The van der Waals surface area contributed by atoms with Gasteiger partial charge in [-0.25, -0.2) is 4.79 Å². The number of amides is 1. The summed E-state index contributed by atoms with van der Waals surface area (Å²) >= 11 is 3.06. The maximum absolute atomic E-state index is 11.4. The highest BCUT2D eigenvalue weighted by molar-refractivity contribution is 9.10. The summed E-state index contributed by atoms with van der Waals surface area (Å²) in [5, 5.41) is 2.43. The predicted octanol–water partition coefficient (Wildman–Crippen LogP) is 2.48. The minimum Gasteiger partial charge on any atom is -0.444 e. The number of anilines is 1. The number of aromatic nitrogens is 1. The van der Waals surface area contributed by atoms with Gasteiger partial charge in [-0.2, -0.15) is 0 Å². The first kappa shape index (κ1) is 12.8. The SMILES string of the molecule is CC(C)(C)OC(=O)Nc1cc(=O)c(Br)c[nH]1. The van der Waals surface area contributed by atoms with E-state index in [1.165, 1.54) is 12.3 Å². The van der Waals surface area contributed by atoms with E-state index < -0.39 is 11.7 Å². The van der Waals surface area contributed by atoms with Gasteiger partial charge in [0.2, 0.25) is 0 Å². The van der Waals surface area contributed by atoms with Gasteiger partial charge in [-0.3, -0.25) is 10.1 Å². The normalized spacial score (nSPS) is 11.0.